The van der Waals surface area contributed by atoms with Crippen molar-refractivity contribution in [1.82, 2.24) is 15.1 Å². The Morgan fingerprint density at radius 2 is 1.82 bits per heavy atom. The molecule has 3 aromatic rings. The molecule has 38 heavy (non-hydrogen) atoms. The maximum Gasteiger partial charge on any atom is 0.416 e. The minimum atomic E-state index is -4.59. The van der Waals surface area contributed by atoms with Gasteiger partial charge in [-0.05, 0) is 36.1 Å². The molecule has 2 atom stereocenters. The molecule has 0 saturated carbocycles. The Bertz CT molecular complexity index is 1240. The molecule has 0 radical (unpaired) electrons. The summed E-state index contributed by atoms with van der Waals surface area (Å²) in [6.07, 6.45) is -3.36. The van der Waals surface area contributed by atoms with Crippen LogP contribution in [-0.2, 0) is 30.3 Å². The number of aromatic amines is 1. The second kappa shape index (κ2) is 11.8. The van der Waals surface area contributed by atoms with E-state index in [9.17, 15) is 18.3 Å². The van der Waals surface area contributed by atoms with Crippen LogP contribution >= 0.6 is 23.2 Å². The molecule has 206 valence electrons. The summed E-state index contributed by atoms with van der Waals surface area (Å²) in [5.41, 5.74) is 3.31. The molecule has 4 rings (SSSR count). The Balaban J connectivity index is 1.95. The number of aliphatic hydroxyl groups is 1. The van der Waals surface area contributed by atoms with Crippen molar-refractivity contribution in [2.45, 2.75) is 44.6 Å². The van der Waals surface area contributed by atoms with E-state index in [2.05, 4.69) is 21.2 Å². The van der Waals surface area contributed by atoms with Gasteiger partial charge in [0, 0.05) is 47.9 Å². The number of nitrogens with one attached hydrogen (secondary N) is 1. The lowest BCUT2D eigenvalue weighted by atomic mass is 9.87. The van der Waals surface area contributed by atoms with E-state index in [0.29, 0.717) is 37.4 Å². The van der Waals surface area contributed by atoms with E-state index in [1.54, 1.807) is 0 Å². The third-order valence-corrected chi connectivity index (χ3v) is 7.50. The van der Waals surface area contributed by atoms with Crippen LogP contribution in [0.1, 0.15) is 46.5 Å². The third kappa shape index (κ3) is 5.82. The number of H-pyrrole nitrogens is 1. The lowest BCUT2D eigenvalue weighted by Gasteiger charge is -2.43. The molecule has 2 N–H and O–H groups in total. The van der Waals surface area contributed by atoms with E-state index >= 15 is 0 Å². The van der Waals surface area contributed by atoms with Crippen molar-refractivity contribution in [1.29, 1.82) is 0 Å². The number of rotatable bonds is 9. The van der Waals surface area contributed by atoms with Crippen LogP contribution < -0.4 is 4.90 Å². The number of halogens is 5. The fraction of sp³-hybridized carbons (Fsp3) is 0.444. The molecule has 0 spiro atoms. The van der Waals surface area contributed by atoms with E-state index in [-0.39, 0.29) is 29.3 Å². The number of alkyl halides is 3. The normalized spacial score (nSPS) is 16.9. The van der Waals surface area contributed by atoms with Gasteiger partial charge in [-0.25, -0.2) is 0 Å². The number of fused-ring (bicyclic) bond motifs is 1. The predicted molar refractivity (Wildman–Crippen MR) is 143 cm³/mol. The smallest absolute Gasteiger partial charge is 0.394 e. The second-order valence-electron chi connectivity index (χ2n) is 9.53. The quantitative estimate of drug-likeness (QED) is 0.314. The van der Waals surface area contributed by atoms with Gasteiger partial charge in [0.1, 0.15) is 5.82 Å². The third-order valence-electron chi connectivity index (χ3n) is 6.87. The summed E-state index contributed by atoms with van der Waals surface area (Å²) in [6.45, 7) is 2.82. The lowest BCUT2D eigenvalue weighted by Crippen LogP contribution is -2.46. The SMILES string of the molecule is CCc1n[nH]c(N(C)C)c1C(c1c(Cl)cc(C(F)(F)F)cc1Cl)N1Cc2ccccc2CC1COCCO. The highest BCUT2D eigenvalue weighted by Gasteiger charge is 2.40. The van der Waals surface area contributed by atoms with Crippen LogP contribution in [0.4, 0.5) is 19.0 Å². The first-order chi connectivity index (χ1) is 18.1. The van der Waals surface area contributed by atoms with Crippen LogP contribution in [0.15, 0.2) is 36.4 Å². The molecule has 0 amide bonds. The second-order valence-corrected chi connectivity index (χ2v) is 10.3. The Labute approximate surface area is 230 Å². The van der Waals surface area contributed by atoms with Gasteiger partial charge >= 0.3 is 6.18 Å². The molecule has 1 aromatic heterocycles. The van der Waals surface area contributed by atoms with Gasteiger partial charge in [0.2, 0.25) is 0 Å². The standard InChI is InChI=1S/C27H31Cl2F3N4O2/c1-4-22-24(26(34-33-22)35(2)3)25(23-20(28)12-18(13-21(23)29)27(30,31)32)36-14-17-8-6-5-7-16(17)11-19(36)15-38-10-9-37/h5-8,12-13,19,25,37H,4,9-11,14-15H2,1-3H3,(H,33,34). The van der Waals surface area contributed by atoms with Crippen molar-refractivity contribution in [3.05, 3.63) is 80.0 Å². The van der Waals surface area contributed by atoms with Gasteiger partial charge in [0.25, 0.3) is 0 Å². The van der Waals surface area contributed by atoms with E-state index < -0.39 is 17.8 Å². The van der Waals surface area contributed by atoms with Crippen molar-refractivity contribution in [2.24, 2.45) is 0 Å². The van der Waals surface area contributed by atoms with Crippen molar-refractivity contribution in [2.75, 3.05) is 38.8 Å². The fourth-order valence-electron chi connectivity index (χ4n) is 5.11. The van der Waals surface area contributed by atoms with Crippen LogP contribution in [-0.4, -0.2) is 60.2 Å². The Morgan fingerprint density at radius 1 is 1.16 bits per heavy atom. The number of hydrogen-bond acceptors (Lipinski definition) is 5. The van der Waals surface area contributed by atoms with Crippen molar-refractivity contribution >= 4 is 29.0 Å². The number of aliphatic hydroxyl groups excluding tert-OH is 1. The Kier molecular flexibility index (Phi) is 8.94. The van der Waals surface area contributed by atoms with Crippen molar-refractivity contribution in [3.63, 3.8) is 0 Å². The van der Waals surface area contributed by atoms with Crippen molar-refractivity contribution in [3.8, 4) is 0 Å². The van der Waals surface area contributed by atoms with E-state index in [0.717, 1.165) is 29.0 Å². The van der Waals surface area contributed by atoms with Gasteiger partial charge in [0.15, 0.2) is 0 Å². The average Bonchev–Trinajstić information content (AvgIpc) is 3.29. The highest BCUT2D eigenvalue weighted by Crippen LogP contribution is 2.47. The zero-order chi connectivity index (χ0) is 27.6. The summed E-state index contributed by atoms with van der Waals surface area (Å²) in [5.74, 6) is 0.716. The number of anilines is 1. The summed E-state index contributed by atoms with van der Waals surface area (Å²) in [7, 11) is 3.74. The molecule has 0 aliphatic carbocycles. The van der Waals surface area contributed by atoms with Crippen molar-refractivity contribution < 1.29 is 23.0 Å². The molecule has 2 heterocycles. The molecule has 0 saturated heterocycles. The molecule has 1 aliphatic heterocycles. The van der Waals surface area contributed by atoms with Gasteiger partial charge in [-0.1, -0.05) is 54.4 Å². The van der Waals surface area contributed by atoms with E-state index in [4.69, 9.17) is 27.9 Å². The Hall–Kier alpha value is -2.30. The first-order valence-corrected chi connectivity index (χ1v) is 13.1. The first kappa shape index (κ1) is 28.7. The molecular weight excluding hydrogens is 540 g/mol. The van der Waals surface area contributed by atoms with E-state index in [1.165, 1.54) is 5.56 Å². The summed E-state index contributed by atoms with van der Waals surface area (Å²) < 4.78 is 46.6. The molecule has 0 fully saturated rings. The summed E-state index contributed by atoms with van der Waals surface area (Å²) >= 11 is 13.3. The molecule has 2 aromatic carbocycles. The molecule has 6 nitrogen and oxygen atoms in total. The molecule has 0 bridgehead atoms. The number of hydrogen-bond donors (Lipinski definition) is 2. The van der Waals surface area contributed by atoms with Gasteiger partial charge in [0.05, 0.1) is 37.1 Å². The summed E-state index contributed by atoms with van der Waals surface area (Å²) in [5, 5.41) is 16.8. The molecule has 1 aliphatic rings. The van der Waals surface area contributed by atoms with Gasteiger partial charge in [-0.3, -0.25) is 10.00 Å². The monoisotopic (exact) mass is 570 g/mol. The number of ether oxygens (including phenoxy) is 1. The van der Waals surface area contributed by atoms with Gasteiger partial charge < -0.3 is 14.7 Å². The minimum Gasteiger partial charge on any atom is -0.394 e. The maximum atomic E-state index is 13.6. The van der Waals surface area contributed by atoms with Crippen LogP contribution in [0.25, 0.3) is 0 Å². The molecule has 2 unspecified atom stereocenters. The summed E-state index contributed by atoms with van der Waals surface area (Å²) in [4.78, 5) is 4.06. The van der Waals surface area contributed by atoms with Gasteiger partial charge in [-0.15, -0.1) is 0 Å². The topological polar surface area (TPSA) is 64.6 Å². The highest BCUT2D eigenvalue weighted by atomic mass is 35.5. The molecule has 11 heteroatoms. The zero-order valence-electron chi connectivity index (χ0n) is 21.4. The van der Waals surface area contributed by atoms with E-state index in [1.807, 2.05) is 44.1 Å². The van der Waals surface area contributed by atoms with Crippen LogP contribution in [0.5, 0.6) is 0 Å². The number of nitrogens with zero attached hydrogens (tertiary/aromatic N) is 3. The Morgan fingerprint density at radius 3 is 2.39 bits per heavy atom. The maximum absolute atomic E-state index is 13.6. The number of aromatic nitrogens is 2. The van der Waals surface area contributed by atoms with Crippen LogP contribution in [0.3, 0.4) is 0 Å². The van der Waals surface area contributed by atoms with Crippen LogP contribution in [0, 0.1) is 0 Å². The number of benzene rings is 2. The first-order valence-electron chi connectivity index (χ1n) is 12.4. The largest absolute Gasteiger partial charge is 0.416 e. The van der Waals surface area contributed by atoms with Gasteiger partial charge in [-0.2, -0.15) is 18.3 Å². The fourth-order valence-corrected chi connectivity index (χ4v) is 5.80. The minimum absolute atomic E-state index is 0.0725. The summed E-state index contributed by atoms with van der Waals surface area (Å²) in [6, 6.07) is 9.13. The average molecular weight is 571 g/mol. The number of aryl methyl sites for hydroxylation is 1. The predicted octanol–water partition coefficient (Wildman–Crippen LogP) is 5.89. The lowest BCUT2D eigenvalue weighted by molar-refractivity contribution is -0.137. The van der Waals surface area contributed by atoms with Crippen LogP contribution in [0.2, 0.25) is 10.0 Å². The molecular formula is C27H31Cl2F3N4O2. The highest BCUT2D eigenvalue weighted by molar-refractivity contribution is 6.36. The zero-order valence-corrected chi connectivity index (χ0v) is 23.0.